The van der Waals surface area contributed by atoms with E-state index in [1.54, 1.807) is 38.4 Å². The third-order valence-corrected chi connectivity index (χ3v) is 7.99. The summed E-state index contributed by atoms with van der Waals surface area (Å²) in [6, 6.07) is 17.1. The monoisotopic (exact) mass is 636 g/mol. The Morgan fingerprint density at radius 3 is 1.39 bits per heavy atom. The number of halogens is 2. The predicted octanol–water partition coefficient (Wildman–Crippen LogP) is 5.07. The first-order valence-electron chi connectivity index (χ1n) is 13.7. The van der Waals surface area contributed by atoms with Gasteiger partial charge in [0.1, 0.15) is 0 Å². The molecule has 0 saturated carbocycles. The second-order valence-electron chi connectivity index (χ2n) is 9.89. The van der Waals surface area contributed by atoms with Gasteiger partial charge < -0.3 is 31.6 Å². The molecule has 0 radical (unpaired) electrons. The molecule has 0 bridgehead atoms. The van der Waals surface area contributed by atoms with Gasteiger partial charge in [0.25, 0.3) is 0 Å². The van der Waals surface area contributed by atoms with E-state index in [-0.39, 0.29) is 24.7 Å². The summed E-state index contributed by atoms with van der Waals surface area (Å²) < 4.78 is 11.0. The van der Waals surface area contributed by atoms with Gasteiger partial charge in [-0.25, -0.2) is 9.97 Å². The summed E-state index contributed by atoms with van der Waals surface area (Å²) in [4.78, 5) is 33.0. The van der Waals surface area contributed by atoms with Crippen LogP contribution in [-0.2, 0) is 9.59 Å². The van der Waals surface area contributed by atoms with Gasteiger partial charge in [0.05, 0.1) is 35.7 Å². The van der Waals surface area contributed by atoms with E-state index in [2.05, 4.69) is 20.6 Å². The van der Waals surface area contributed by atoms with Crippen molar-refractivity contribution in [3.8, 4) is 45.4 Å². The zero-order chi connectivity index (χ0) is 32.0. The van der Waals surface area contributed by atoms with Crippen LogP contribution in [-0.4, -0.2) is 50.1 Å². The highest BCUT2D eigenvalue weighted by Gasteiger charge is 2.22. The molecule has 12 heteroatoms. The Bertz CT molecular complexity index is 1560. The third kappa shape index (κ3) is 6.95. The average Bonchev–Trinajstić information content (AvgIpc) is 3.04. The molecule has 2 aromatic heterocycles. The minimum Gasteiger partial charge on any atom is -0.481 e. The van der Waals surface area contributed by atoms with Crippen LogP contribution in [0.25, 0.3) is 33.6 Å². The Balaban J connectivity index is 1.72. The first kappa shape index (κ1) is 32.7. The molecular weight excluding hydrogens is 603 g/mol. The molecule has 2 amide bonds. The van der Waals surface area contributed by atoms with E-state index in [0.717, 1.165) is 0 Å². The molecule has 10 nitrogen and oxygen atoms in total. The molecule has 230 valence electrons. The van der Waals surface area contributed by atoms with E-state index in [1.165, 1.54) is 14.2 Å². The summed E-state index contributed by atoms with van der Waals surface area (Å²) in [6.45, 7) is 0. The number of hydrogen-bond acceptors (Lipinski definition) is 8. The molecule has 2 heterocycles. The van der Waals surface area contributed by atoms with Crippen LogP contribution < -0.4 is 31.6 Å². The lowest BCUT2D eigenvalue weighted by atomic mass is 9.97. The van der Waals surface area contributed by atoms with E-state index in [4.69, 9.17) is 44.1 Å². The fourth-order valence-electron chi connectivity index (χ4n) is 4.79. The zero-order valence-corrected chi connectivity index (χ0v) is 26.3. The molecule has 2 atom stereocenters. The number of hydrogen-bond donors (Lipinski definition) is 4. The van der Waals surface area contributed by atoms with Gasteiger partial charge in [-0.3, -0.25) is 9.59 Å². The highest BCUT2D eigenvalue weighted by Crippen LogP contribution is 2.43. The van der Waals surface area contributed by atoms with Gasteiger partial charge in [-0.05, 0) is 24.3 Å². The van der Waals surface area contributed by atoms with E-state index >= 15 is 0 Å². The highest BCUT2D eigenvalue weighted by molar-refractivity contribution is 6.39. The number of pyridine rings is 2. The first-order chi connectivity index (χ1) is 21.1. The Morgan fingerprint density at radius 2 is 1.05 bits per heavy atom. The van der Waals surface area contributed by atoms with Gasteiger partial charge in [-0.15, -0.1) is 0 Å². The lowest BCUT2D eigenvalue weighted by Crippen LogP contribution is -2.24. The van der Waals surface area contributed by atoms with Crippen molar-refractivity contribution in [3.63, 3.8) is 0 Å². The maximum atomic E-state index is 11.9. The van der Waals surface area contributed by atoms with E-state index in [0.29, 0.717) is 66.6 Å². The van der Waals surface area contributed by atoms with Crippen LogP contribution in [0.4, 0.5) is 0 Å². The van der Waals surface area contributed by atoms with Crippen molar-refractivity contribution < 1.29 is 19.1 Å². The van der Waals surface area contributed by atoms with Crippen LogP contribution >= 0.6 is 23.2 Å². The van der Waals surface area contributed by atoms with E-state index < -0.39 is 12.1 Å². The van der Waals surface area contributed by atoms with Crippen LogP contribution in [0, 0.1) is 0 Å². The molecule has 44 heavy (non-hydrogen) atoms. The summed E-state index contributed by atoms with van der Waals surface area (Å²) in [5.41, 5.74) is 17.5. The molecule has 6 N–H and O–H groups in total. The predicted molar refractivity (Wildman–Crippen MR) is 173 cm³/mol. The van der Waals surface area contributed by atoms with Gasteiger partial charge >= 0.3 is 0 Å². The van der Waals surface area contributed by atoms with Crippen LogP contribution in [0.3, 0.4) is 0 Å². The number of nitrogens with two attached hydrogens (primary N) is 2. The van der Waals surface area contributed by atoms with Crippen molar-refractivity contribution in [2.45, 2.75) is 24.9 Å². The van der Waals surface area contributed by atoms with Crippen molar-refractivity contribution in [2.75, 3.05) is 28.3 Å². The molecule has 0 aliphatic carbocycles. The normalized spacial score (nSPS) is 12.3. The minimum atomic E-state index is -0.595. The lowest BCUT2D eigenvalue weighted by Gasteiger charge is -2.17. The largest absolute Gasteiger partial charge is 0.481 e. The highest BCUT2D eigenvalue weighted by atomic mass is 35.5. The molecule has 4 aromatic rings. The number of carbonyl (C=O) groups is 2. The number of amides is 2. The topological polar surface area (TPSA) is 154 Å². The number of benzene rings is 2. The number of aromatic nitrogens is 2. The molecular formula is C32H34Cl2N6O4. The fraction of sp³-hybridized carbons (Fsp3) is 0.250. The molecule has 2 aromatic carbocycles. The van der Waals surface area contributed by atoms with Crippen LogP contribution in [0.2, 0.25) is 10.0 Å². The van der Waals surface area contributed by atoms with E-state index in [9.17, 15) is 9.59 Å². The lowest BCUT2D eigenvalue weighted by molar-refractivity contribution is -0.121. The van der Waals surface area contributed by atoms with Crippen molar-refractivity contribution in [3.05, 3.63) is 81.8 Å². The number of rotatable bonds is 11. The molecule has 0 unspecified atom stereocenters. The number of ether oxygens (including phenoxy) is 2. The number of methoxy groups -OCH3 is 2. The van der Waals surface area contributed by atoms with Crippen molar-refractivity contribution >= 4 is 35.0 Å². The second kappa shape index (κ2) is 14.5. The van der Waals surface area contributed by atoms with Crippen molar-refractivity contribution in [1.29, 1.82) is 0 Å². The number of nitrogens with zero attached hydrogens (tertiary/aromatic N) is 2. The third-order valence-electron chi connectivity index (χ3n) is 7.17. The Hall–Kier alpha value is -4.22. The molecule has 0 spiro atoms. The van der Waals surface area contributed by atoms with E-state index in [1.807, 2.05) is 36.4 Å². The maximum absolute atomic E-state index is 11.9. The van der Waals surface area contributed by atoms with Crippen molar-refractivity contribution in [1.82, 2.24) is 20.6 Å². The van der Waals surface area contributed by atoms with Gasteiger partial charge in [0, 0.05) is 72.4 Å². The quantitative estimate of drug-likeness (QED) is 0.178. The molecule has 0 saturated heterocycles. The van der Waals surface area contributed by atoms with Gasteiger partial charge in [-0.2, -0.15) is 0 Å². The second-order valence-corrected chi connectivity index (χ2v) is 10.6. The molecule has 0 aliphatic heterocycles. The summed E-state index contributed by atoms with van der Waals surface area (Å²) in [6.07, 6.45) is 0.177. The standard InChI is InChI=1S/C32H34Cl2N6O4/c1-37-27(41)15-23(35)19-11-13-25(39-31(19)43-3)21-9-5-7-17(29(21)33)18-8-6-10-22(30(18)34)26-14-12-20(32(40-26)44-4)24(36)16-28(42)38-2/h5-14,23-24H,15-16,35-36H2,1-4H3,(H,37,41)(H,38,42)/t23-,24-/m0/s1. The Morgan fingerprint density at radius 1 is 0.682 bits per heavy atom. The Kier molecular flexibility index (Phi) is 10.8. The SMILES string of the molecule is CNC(=O)C[C@H](N)c1ccc(-c2cccc(-c3cccc(-c4ccc([C@@H](N)CC(=O)NC)c(OC)n4)c3Cl)c2Cl)nc1OC. The van der Waals surface area contributed by atoms with Gasteiger partial charge in [-0.1, -0.05) is 59.6 Å². The summed E-state index contributed by atoms with van der Waals surface area (Å²) in [7, 11) is 6.11. The smallest absolute Gasteiger partial charge is 0.221 e. The molecule has 4 rings (SSSR count). The number of carbonyl (C=O) groups excluding carboxylic acids is 2. The number of nitrogens with one attached hydrogen (secondary N) is 2. The Labute approximate surface area is 266 Å². The summed E-state index contributed by atoms with van der Waals surface area (Å²) in [5, 5.41) is 6.01. The van der Waals surface area contributed by atoms with Gasteiger partial charge in [0.2, 0.25) is 23.6 Å². The van der Waals surface area contributed by atoms with Gasteiger partial charge in [0.15, 0.2) is 0 Å². The van der Waals surface area contributed by atoms with Crippen molar-refractivity contribution in [2.24, 2.45) is 11.5 Å². The first-order valence-corrected chi connectivity index (χ1v) is 14.5. The zero-order valence-electron chi connectivity index (χ0n) is 24.8. The fourth-order valence-corrected chi connectivity index (χ4v) is 5.44. The summed E-state index contributed by atoms with van der Waals surface area (Å²) in [5.74, 6) is 0.234. The molecule has 0 aliphatic rings. The van der Waals surface area contributed by atoms with Crippen LogP contribution in [0.1, 0.15) is 36.1 Å². The van der Waals surface area contributed by atoms with Crippen LogP contribution in [0.15, 0.2) is 60.7 Å². The minimum absolute atomic E-state index is 0.0885. The average molecular weight is 638 g/mol. The van der Waals surface area contributed by atoms with Crippen LogP contribution in [0.5, 0.6) is 11.8 Å². The molecule has 0 fully saturated rings. The maximum Gasteiger partial charge on any atom is 0.221 e. The summed E-state index contributed by atoms with van der Waals surface area (Å²) >= 11 is 14.0.